The predicted molar refractivity (Wildman–Crippen MR) is 93.4 cm³/mol. The lowest BCUT2D eigenvalue weighted by molar-refractivity contribution is -0.393. The fourth-order valence-corrected chi connectivity index (χ4v) is 2.20. The number of hydrogen-bond acceptors (Lipinski definition) is 8. The van der Waals surface area contributed by atoms with Gasteiger partial charge in [-0.2, -0.15) is 0 Å². The minimum Gasteiger partial charge on any atom is -0.480 e. The van der Waals surface area contributed by atoms with E-state index < -0.39 is 40.1 Å². The molecule has 4 N–H and O–H groups in total. The average Bonchev–Trinajstić information content (AvgIpc) is 2.61. The highest BCUT2D eigenvalue weighted by atomic mass is 16.6. The summed E-state index contributed by atoms with van der Waals surface area (Å²) in [6, 6.07) is 1.98. The van der Waals surface area contributed by atoms with Crippen molar-refractivity contribution in [3.63, 3.8) is 0 Å². The number of aliphatic hydroxyl groups excluding tert-OH is 1. The lowest BCUT2D eigenvalue weighted by Gasteiger charge is -2.11. The van der Waals surface area contributed by atoms with Crippen LogP contribution in [0.4, 0.5) is 17.1 Å². The van der Waals surface area contributed by atoms with Gasteiger partial charge in [0.15, 0.2) is 0 Å². The molecule has 0 aromatic heterocycles. The molecule has 0 spiro atoms. The van der Waals surface area contributed by atoms with E-state index in [1.165, 1.54) is 12.1 Å². The summed E-state index contributed by atoms with van der Waals surface area (Å²) < 4.78 is 0. The monoisotopic (exact) mass is 384 g/mol. The maximum absolute atomic E-state index is 11.5. The highest BCUT2D eigenvalue weighted by Gasteiger charge is 2.19. The second kappa shape index (κ2) is 10.7. The number of nitro benzene ring substituents is 2. The molecule has 0 radical (unpaired) electrons. The van der Waals surface area contributed by atoms with Crippen LogP contribution in [-0.2, 0) is 9.59 Å². The van der Waals surface area contributed by atoms with Crippen molar-refractivity contribution < 1.29 is 29.6 Å². The van der Waals surface area contributed by atoms with E-state index in [0.717, 1.165) is 6.07 Å². The van der Waals surface area contributed by atoms with Gasteiger partial charge in [-0.1, -0.05) is 6.42 Å². The number of aliphatic hydroxyl groups is 1. The van der Waals surface area contributed by atoms with Gasteiger partial charge < -0.3 is 20.8 Å². The number of benzene rings is 1. The van der Waals surface area contributed by atoms with Gasteiger partial charge >= 0.3 is 5.97 Å². The Hall–Kier alpha value is -3.28. The third-order valence-corrected chi connectivity index (χ3v) is 3.60. The SMILES string of the molecule is O=C(CCCCCNc1ccc([N+](=O)[O-])cc1[N+](=O)[O-])NC(CO)C(=O)O. The number of nitrogens with zero attached hydrogens (tertiary/aromatic N) is 2. The van der Waals surface area contributed by atoms with Crippen molar-refractivity contribution in [2.24, 2.45) is 0 Å². The molecule has 27 heavy (non-hydrogen) atoms. The van der Waals surface area contributed by atoms with Crippen LogP contribution in [0.2, 0.25) is 0 Å². The smallest absolute Gasteiger partial charge is 0.328 e. The van der Waals surface area contributed by atoms with Crippen molar-refractivity contribution in [3.05, 3.63) is 38.4 Å². The summed E-state index contributed by atoms with van der Waals surface area (Å²) in [5, 5.41) is 44.2. The predicted octanol–water partition coefficient (Wildman–Crippen LogP) is 1.04. The van der Waals surface area contributed by atoms with Crippen LogP contribution in [0.25, 0.3) is 0 Å². The lowest BCUT2D eigenvalue weighted by atomic mass is 10.1. The molecule has 1 atom stereocenters. The van der Waals surface area contributed by atoms with E-state index in [-0.39, 0.29) is 17.8 Å². The van der Waals surface area contributed by atoms with Crippen LogP contribution in [0, 0.1) is 20.2 Å². The first-order valence-electron chi connectivity index (χ1n) is 8.06. The van der Waals surface area contributed by atoms with Gasteiger partial charge in [-0.25, -0.2) is 4.79 Å². The van der Waals surface area contributed by atoms with Crippen LogP contribution >= 0.6 is 0 Å². The van der Waals surface area contributed by atoms with Crippen LogP contribution in [0.15, 0.2) is 18.2 Å². The van der Waals surface area contributed by atoms with Crippen molar-refractivity contribution in [1.29, 1.82) is 0 Å². The normalized spacial score (nSPS) is 11.4. The largest absolute Gasteiger partial charge is 0.480 e. The van der Waals surface area contributed by atoms with Crippen molar-refractivity contribution in [3.8, 4) is 0 Å². The quantitative estimate of drug-likeness (QED) is 0.232. The van der Waals surface area contributed by atoms with Gasteiger partial charge in [-0.15, -0.1) is 0 Å². The van der Waals surface area contributed by atoms with Crippen LogP contribution in [0.5, 0.6) is 0 Å². The van der Waals surface area contributed by atoms with Gasteiger partial charge in [0.25, 0.3) is 11.4 Å². The van der Waals surface area contributed by atoms with E-state index in [1.807, 2.05) is 0 Å². The van der Waals surface area contributed by atoms with Gasteiger partial charge in [0.1, 0.15) is 11.7 Å². The van der Waals surface area contributed by atoms with Gasteiger partial charge in [0, 0.05) is 19.0 Å². The maximum Gasteiger partial charge on any atom is 0.328 e. The minimum atomic E-state index is -1.33. The van der Waals surface area contributed by atoms with E-state index in [4.69, 9.17) is 10.2 Å². The first kappa shape index (κ1) is 21.8. The number of carboxylic acid groups (broad SMARTS) is 1. The standard InChI is InChI=1S/C15H20N4O8/c20-9-12(15(22)23)17-14(21)4-2-1-3-7-16-11-6-5-10(18(24)25)8-13(11)19(26)27/h5-6,8,12,16,20H,1-4,7,9H2,(H,17,21)(H,22,23). The Morgan fingerprint density at radius 2 is 1.81 bits per heavy atom. The lowest BCUT2D eigenvalue weighted by Crippen LogP contribution is -2.43. The third kappa shape index (κ3) is 7.23. The first-order chi connectivity index (χ1) is 12.8. The number of rotatable bonds is 12. The topological polar surface area (TPSA) is 185 Å². The van der Waals surface area contributed by atoms with Gasteiger partial charge in [0.2, 0.25) is 5.91 Å². The number of carboxylic acids is 1. The molecule has 1 rings (SSSR count). The number of carbonyl (C=O) groups is 2. The first-order valence-corrected chi connectivity index (χ1v) is 8.06. The molecular weight excluding hydrogens is 364 g/mol. The highest BCUT2D eigenvalue weighted by molar-refractivity contribution is 5.83. The second-order valence-electron chi connectivity index (χ2n) is 5.59. The molecule has 148 valence electrons. The molecule has 0 heterocycles. The molecule has 0 bridgehead atoms. The van der Waals surface area contributed by atoms with Crippen LogP contribution in [0.1, 0.15) is 25.7 Å². The Morgan fingerprint density at radius 3 is 2.37 bits per heavy atom. The van der Waals surface area contributed by atoms with E-state index in [0.29, 0.717) is 25.8 Å². The average molecular weight is 384 g/mol. The number of aliphatic carboxylic acids is 1. The zero-order chi connectivity index (χ0) is 20.4. The summed E-state index contributed by atoms with van der Waals surface area (Å²) in [7, 11) is 0. The summed E-state index contributed by atoms with van der Waals surface area (Å²) in [5.41, 5.74) is -0.608. The summed E-state index contributed by atoms with van der Waals surface area (Å²) in [6.07, 6.45) is 1.72. The second-order valence-corrected chi connectivity index (χ2v) is 5.59. The fraction of sp³-hybridized carbons (Fsp3) is 0.467. The van der Waals surface area contributed by atoms with Crippen molar-refractivity contribution in [1.82, 2.24) is 5.32 Å². The number of nitrogens with one attached hydrogen (secondary N) is 2. The summed E-state index contributed by atoms with van der Waals surface area (Å²) in [6.45, 7) is -0.340. The maximum atomic E-state index is 11.5. The molecular formula is C15H20N4O8. The third-order valence-electron chi connectivity index (χ3n) is 3.60. The van der Waals surface area contributed by atoms with Gasteiger partial charge in [-0.05, 0) is 18.9 Å². The number of non-ortho nitro benzene ring substituents is 1. The van der Waals surface area contributed by atoms with E-state index in [2.05, 4.69) is 10.6 Å². The van der Waals surface area contributed by atoms with Crippen molar-refractivity contribution >= 4 is 28.9 Å². The molecule has 0 saturated carbocycles. The summed E-state index contributed by atoms with van der Waals surface area (Å²) in [4.78, 5) is 42.5. The zero-order valence-corrected chi connectivity index (χ0v) is 14.3. The van der Waals surface area contributed by atoms with E-state index >= 15 is 0 Å². The molecule has 1 unspecified atom stereocenters. The molecule has 12 heteroatoms. The van der Waals surface area contributed by atoms with Crippen molar-refractivity contribution in [2.75, 3.05) is 18.5 Å². The number of carbonyl (C=O) groups excluding carboxylic acids is 1. The summed E-state index contributed by atoms with van der Waals surface area (Å²) in [5.74, 6) is -1.81. The molecule has 12 nitrogen and oxygen atoms in total. The Labute approximate surface area is 153 Å². The molecule has 0 aliphatic carbocycles. The minimum absolute atomic E-state index is 0.0848. The molecule has 1 amide bonds. The molecule has 1 aromatic rings. The number of unbranched alkanes of at least 4 members (excludes halogenated alkanes) is 2. The zero-order valence-electron chi connectivity index (χ0n) is 14.3. The number of nitro groups is 2. The van der Waals surface area contributed by atoms with Crippen LogP contribution in [0.3, 0.4) is 0 Å². The Kier molecular flexibility index (Phi) is 8.59. The Bertz CT molecular complexity index is 709. The van der Waals surface area contributed by atoms with Gasteiger partial charge in [-0.3, -0.25) is 25.0 Å². The molecule has 0 saturated heterocycles. The van der Waals surface area contributed by atoms with E-state index in [9.17, 15) is 29.8 Å². The van der Waals surface area contributed by atoms with E-state index in [1.54, 1.807) is 0 Å². The molecule has 1 aromatic carbocycles. The number of anilines is 1. The Balaban J connectivity index is 2.38. The molecule has 0 aliphatic rings. The number of amides is 1. The fourth-order valence-electron chi connectivity index (χ4n) is 2.20. The molecule has 0 aliphatic heterocycles. The highest BCUT2D eigenvalue weighted by Crippen LogP contribution is 2.28. The van der Waals surface area contributed by atoms with Gasteiger partial charge in [0.05, 0.1) is 22.5 Å². The van der Waals surface area contributed by atoms with Crippen molar-refractivity contribution in [2.45, 2.75) is 31.7 Å². The Morgan fingerprint density at radius 1 is 1.11 bits per heavy atom. The van der Waals surface area contributed by atoms with Crippen LogP contribution < -0.4 is 10.6 Å². The van der Waals surface area contributed by atoms with Crippen LogP contribution in [-0.4, -0.2) is 51.1 Å². The summed E-state index contributed by atoms with van der Waals surface area (Å²) >= 11 is 0. The molecule has 0 fully saturated rings. The number of hydrogen-bond donors (Lipinski definition) is 4.